The van der Waals surface area contributed by atoms with Crippen LogP contribution in [0.25, 0.3) is 0 Å². The van der Waals surface area contributed by atoms with Crippen LogP contribution in [0.3, 0.4) is 0 Å². The number of aliphatic hydroxyl groups excluding tert-OH is 1. The zero-order valence-electron chi connectivity index (χ0n) is 12.9. The Morgan fingerprint density at radius 2 is 2.08 bits per heavy atom. The molecule has 0 saturated carbocycles. The van der Waals surface area contributed by atoms with Gasteiger partial charge in [0, 0.05) is 11.9 Å². The number of halogens is 3. The van der Waals surface area contributed by atoms with Gasteiger partial charge in [-0.1, -0.05) is 25.1 Å². The fourth-order valence-electron chi connectivity index (χ4n) is 2.18. The maximum Gasteiger partial charge on any atom is 0.416 e. The van der Waals surface area contributed by atoms with Crippen LogP contribution in [0, 0.1) is 0 Å². The summed E-state index contributed by atoms with van der Waals surface area (Å²) in [6, 6.07) is 4.76. The van der Waals surface area contributed by atoms with Gasteiger partial charge in [-0.3, -0.25) is 4.79 Å². The van der Waals surface area contributed by atoms with E-state index in [1.54, 1.807) is 5.38 Å². The molecule has 0 aliphatic carbocycles. The smallest absolute Gasteiger partial charge is 0.387 e. The number of carbonyl (C=O) groups is 1. The number of carbonyl (C=O) groups excluding carboxylic acids is 1. The average Bonchev–Trinajstić information content (AvgIpc) is 3.00. The van der Waals surface area contributed by atoms with Crippen LogP contribution in [0.4, 0.5) is 13.2 Å². The minimum Gasteiger partial charge on any atom is -0.387 e. The molecule has 1 aromatic heterocycles. The van der Waals surface area contributed by atoms with Crippen molar-refractivity contribution in [3.8, 4) is 0 Å². The number of alkyl halides is 3. The maximum atomic E-state index is 12.9. The molecule has 0 radical (unpaired) electrons. The van der Waals surface area contributed by atoms with E-state index in [4.69, 9.17) is 0 Å². The molecule has 2 N–H and O–H groups in total. The van der Waals surface area contributed by atoms with Crippen molar-refractivity contribution < 1.29 is 23.1 Å². The third-order valence-corrected chi connectivity index (χ3v) is 4.24. The molecule has 0 spiro atoms. The molecule has 1 aromatic carbocycles. The first-order valence-electron chi connectivity index (χ1n) is 7.39. The summed E-state index contributed by atoms with van der Waals surface area (Å²) in [5.74, 6) is -0.517. The first-order chi connectivity index (χ1) is 11.3. The molecule has 2 rings (SSSR count). The van der Waals surface area contributed by atoms with Gasteiger partial charge in [-0.05, 0) is 24.5 Å². The van der Waals surface area contributed by atoms with Crippen LogP contribution >= 0.6 is 11.3 Å². The Labute approximate surface area is 141 Å². The molecule has 8 heteroatoms. The van der Waals surface area contributed by atoms with Crippen molar-refractivity contribution in [1.82, 2.24) is 10.3 Å². The van der Waals surface area contributed by atoms with Crippen LogP contribution in [-0.2, 0) is 12.6 Å². The Bertz CT molecular complexity index is 701. The number of nitrogens with zero attached hydrogens (tertiary/aromatic N) is 1. The zero-order valence-corrected chi connectivity index (χ0v) is 13.7. The highest BCUT2D eigenvalue weighted by Gasteiger charge is 2.34. The Balaban J connectivity index is 2.02. The van der Waals surface area contributed by atoms with Gasteiger partial charge in [-0.25, -0.2) is 4.98 Å². The van der Waals surface area contributed by atoms with E-state index in [0.29, 0.717) is 0 Å². The van der Waals surface area contributed by atoms with Crippen molar-refractivity contribution in [3.05, 3.63) is 51.5 Å². The lowest BCUT2D eigenvalue weighted by Gasteiger charge is -2.17. The number of aliphatic hydroxyl groups is 1. The summed E-state index contributed by atoms with van der Waals surface area (Å²) in [5, 5.41) is 14.9. The van der Waals surface area contributed by atoms with Gasteiger partial charge in [0.15, 0.2) is 0 Å². The summed E-state index contributed by atoms with van der Waals surface area (Å²) in [6.45, 7) is 1.67. The number of hydrogen-bond donors (Lipinski definition) is 2. The van der Waals surface area contributed by atoms with E-state index in [1.807, 2.05) is 6.92 Å². The quantitative estimate of drug-likeness (QED) is 0.830. The highest BCUT2D eigenvalue weighted by molar-refractivity contribution is 7.09. The molecule has 2 aromatic rings. The van der Waals surface area contributed by atoms with Gasteiger partial charge in [0.25, 0.3) is 5.91 Å². The zero-order chi connectivity index (χ0) is 17.7. The average molecular weight is 358 g/mol. The van der Waals surface area contributed by atoms with E-state index < -0.39 is 23.8 Å². The van der Waals surface area contributed by atoms with Crippen LogP contribution < -0.4 is 5.32 Å². The molecule has 0 aliphatic heterocycles. The lowest BCUT2D eigenvalue weighted by Crippen LogP contribution is -2.29. The molecule has 0 aliphatic rings. The Hall–Kier alpha value is -1.93. The highest BCUT2D eigenvalue weighted by atomic mass is 32.1. The molecule has 0 bridgehead atoms. The molecular weight excluding hydrogens is 341 g/mol. The monoisotopic (exact) mass is 358 g/mol. The number of aromatic nitrogens is 1. The highest BCUT2D eigenvalue weighted by Crippen LogP contribution is 2.34. The Morgan fingerprint density at radius 3 is 2.75 bits per heavy atom. The third-order valence-electron chi connectivity index (χ3n) is 3.33. The third kappa shape index (κ3) is 4.55. The summed E-state index contributed by atoms with van der Waals surface area (Å²) >= 11 is 1.36. The second kappa shape index (κ2) is 7.76. The molecule has 130 valence electrons. The molecule has 1 amide bonds. The summed E-state index contributed by atoms with van der Waals surface area (Å²) < 4.78 is 38.8. The van der Waals surface area contributed by atoms with Crippen molar-refractivity contribution in [2.75, 3.05) is 6.54 Å². The van der Waals surface area contributed by atoms with Crippen molar-refractivity contribution in [1.29, 1.82) is 0 Å². The predicted molar refractivity (Wildman–Crippen MR) is 84.8 cm³/mol. The topological polar surface area (TPSA) is 62.2 Å². The van der Waals surface area contributed by atoms with Crippen LogP contribution in [0.2, 0.25) is 0 Å². The fourth-order valence-corrected chi connectivity index (χ4v) is 3.06. The normalized spacial score (nSPS) is 12.9. The van der Waals surface area contributed by atoms with E-state index in [1.165, 1.54) is 29.5 Å². The first kappa shape index (κ1) is 18.4. The molecule has 1 heterocycles. The van der Waals surface area contributed by atoms with Gasteiger partial charge in [-0.2, -0.15) is 13.2 Å². The molecule has 1 atom stereocenters. The molecular formula is C16H17F3N2O2S. The van der Waals surface area contributed by atoms with Crippen LogP contribution in [0.1, 0.15) is 46.1 Å². The Morgan fingerprint density at radius 1 is 1.38 bits per heavy atom. The second-order valence-electron chi connectivity index (χ2n) is 5.19. The summed E-state index contributed by atoms with van der Waals surface area (Å²) in [5.41, 5.74) is -0.972. The predicted octanol–water partition coefficient (Wildman–Crippen LogP) is 3.58. The van der Waals surface area contributed by atoms with E-state index in [-0.39, 0.29) is 17.8 Å². The van der Waals surface area contributed by atoms with E-state index in [2.05, 4.69) is 10.3 Å². The summed E-state index contributed by atoms with van der Waals surface area (Å²) in [6.07, 6.45) is -4.35. The minimum atomic E-state index is -4.56. The van der Waals surface area contributed by atoms with Gasteiger partial charge < -0.3 is 10.4 Å². The van der Waals surface area contributed by atoms with Gasteiger partial charge >= 0.3 is 6.18 Å². The minimum absolute atomic E-state index is 0.208. The summed E-state index contributed by atoms with van der Waals surface area (Å²) in [7, 11) is 0. The van der Waals surface area contributed by atoms with Gasteiger partial charge in [0.2, 0.25) is 0 Å². The van der Waals surface area contributed by atoms with Crippen LogP contribution in [0.15, 0.2) is 29.6 Å². The molecule has 1 unspecified atom stereocenters. The number of nitrogens with one attached hydrogen (secondary N) is 1. The van der Waals surface area contributed by atoms with E-state index >= 15 is 0 Å². The Kier molecular flexibility index (Phi) is 5.95. The molecule has 4 nitrogen and oxygen atoms in total. The second-order valence-corrected chi connectivity index (χ2v) is 6.13. The van der Waals surface area contributed by atoms with E-state index in [9.17, 15) is 23.1 Å². The largest absolute Gasteiger partial charge is 0.416 e. The van der Waals surface area contributed by atoms with Crippen LogP contribution in [-0.4, -0.2) is 22.5 Å². The fraction of sp³-hybridized carbons (Fsp3) is 0.375. The number of hydrogen-bond acceptors (Lipinski definition) is 4. The number of rotatable bonds is 6. The number of aryl methyl sites for hydroxylation is 1. The van der Waals surface area contributed by atoms with Gasteiger partial charge in [0.1, 0.15) is 5.69 Å². The van der Waals surface area contributed by atoms with Crippen molar-refractivity contribution in [3.63, 3.8) is 0 Å². The van der Waals surface area contributed by atoms with Crippen molar-refractivity contribution in [2.45, 2.75) is 32.0 Å². The summed E-state index contributed by atoms with van der Waals surface area (Å²) in [4.78, 5) is 16.1. The molecule has 0 fully saturated rings. The SMILES string of the molecule is CCCc1nc(C(=O)NCC(O)c2ccccc2C(F)(F)F)cs1. The van der Waals surface area contributed by atoms with Gasteiger partial charge in [-0.15, -0.1) is 11.3 Å². The molecule has 0 saturated heterocycles. The first-order valence-corrected chi connectivity index (χ1v) is 8.27. The van der Waals surface area contributed by atoms with Gasteiger partial charge in [0.05, 0.1) is 16.7 Å². The maximum absolute atomic E-state index is 12.9. The lowest BCUT2D eigenvalue weighted by atomic mass is 10.0. The number of amides is 1. The molecule has 24 heavy (non-hydrogen) atoms. The number of benzene rings is 1. The van der Waals surface area contributed by atoms with E-state index in [0.717, 1.165) is 23.9 Å². The van der Waals surface area contributed by atoms with Crippen molar-refractivity contribution in [2.24, 2.45) is 0 Å². The van der Waals surface area contributed by atoms with Crippen molar-refractivity contribution >= 4 is 17.2 Å². The lowest BCUT2D eigenvalue weighted by molar-refractivity contribution is -0.139. The number of thiazole rings is 1. The standard InChI is InChI=1S/C16H17F3N2O2S/c1-2-5-14-21-12(9-24-14)15(23)20-8-13(22)10-6-3-4-7-11(10)16(17,18)19/h3-4,6-7,9,13,22H,2,5,8H2,1H3,(H,20,23). The van der Waals surface area contributed by atoms with Crippen LogP contribution in [0.5, 0.6) is 0 Å².